The molecule has 2 aromatic rings. The standard InChI is InChI=1S/C23H26N2O7/c1-31-14(10-21(27)25-20(12-26)22(28)29)11-24-23(30)32-13-19-17-8-4-2-6-15(17)16-7-3-5-9-18(16)19/h2-9,14,19-20,26H,10-13H2,1H3,(H,24,30)(H,25,27)(H,28,29). The fourth-order valence-corrected chi connectivity index (χ4v) is 3.73. The summed E-state index contributed by atoms with van der Waals surface area (Å²) in [7, 11) is 1.37. The Balaban J connectivity index is 1.51. The van der Waals surface area contributed by atoms with Gasteiger partial charge in [0.15, 0.2) is 0 Å². The van der Waals surface area contributed by atoms with Gasteiger partial charge >= 0.3 is 12.1 Å². The number of rotatable bonds is 10. The summed E-state index contributed by atoms with van der Waals surface area (Å²) in [5, 5.41) is 22.6. The summed E-state index contributed by atoms with van der Waals surface area (Å²) in [4.78, 5) is 35.1. The summed E-state index contributed by atoms with van der Waals surface area (Å²) < 4.78 is 10.6. The van der Waals surface area contributed by atoms with E-state index in [1.165, 1.54) is 7.11 Å². The number of fused-ring (bicyclic) bond motifs is 3. The molecule has 2 amide bonds. The zero-order chi connectivity index (χ0) is 23.1. The van der Waals surface area contributed by atoms with Crippen molar-refractivity contribution in [2.75, 3.05) is 26.9 Å². The number of carbonyl (C=O) groups is 3. The minimum Gasteiger partial charge on any atom is -0.480 e. The molecule has 0 heterocycles. The summed E-state index contributed by atoms with van der Waals surface area (Å²) >= 11 is 0. The zero-order valence-corrected chi connectivity index (χ0v) is 17.6. The van der Waals surface area contributed by atoms with Crippen LogP contribution in [0.1, 0.15) is 23.5 Å². The van der Waals surface area contributed by atoms with E-state index < -0.39 is 36.7 Å². The Bertz CT molecular complexity index is 933. The molecule has 170 valence electrons. The average molecular weight is 442 g/mol. The van der Waals surface area contributed by atoms with Crippen LogP contribution in [0.4, 0.5) is 4.79 Å². The maximum Gasteiger partial charge on any atom is 0.407 e. The number of hydrogen-bond acceptors (Lipinski definition) is 6. The molecule has 0 fully saturated rings. The van der Waals surface area contributed by atoms with E-state index in [-0.39, 0.29) is 25.5 Å². The van der Waals surface area contributed by atoms with E-state index in [1.807, 2.05) is 48.5 Å². The van der Waals surface area contributed by atoms with Crippen LogP contribution in [0.15, 0.2) is 48.5 Å². The molecule has 0 saturated carbocycles. The Kier molecular flexibility index (Phi) is 7.80. The second-order valence-electron chi connectivity index (χ2n) is 7.41. The number of aliphatic hydroxyl groups is 1. The third-order valence-electron chi connectivity index (χ3n) is 5.38. The number of hydrogen-bond donors (Lipinski definition) is 4. The predicted molar refractivity (Wildman–Crippen MR) is 115 cm³/mol. The number of ether oxygens (including phenoxy) is 2. The molecular weight excluding hydrogens is 416 g/mol. The van der Waals surface area contributed by atoms with Crippen LogP contribution in [-0.4, -0.2) is 67.2 Å². The average Bonchev–Trinajstić information content (AvgIpc) is 3.12. The van der Waals surface area contributed by atoms with Crippen LogP contribution >= 0.6 is 0 Å². The first-order valence-corrected chi connectivity index (χ1v) is 10.2. The fraction of sp³-hybridized carbons (Fsp3) is 0.348. The number of aliphatic carboxylic acids is 1. The molecule has 1 aliphatic carbocycles. The van der Waals surface area contributed by atoms with Crippen LogP contribution in [0.2, 0.25) is 0 Å². The number of amides is 2. The molecule has 0 radical (unpaired) electrons. The third kappa shape index (κ3) is 5.43. The van der Waals surface area contributed by atoms with Gasteiger partial charge in [-0.3, -0.25) is 4.79 Å². The molecule has 1 aliphatic rings. The summed E-state index contributed by atoms with van der Waals surface area (Å²) in [6, 6.07) is 14.6. The number of carboxylic acids is 1. The van der Waals surface area contributed by atoms with E-state index in [4.69, 9.17) is 19.7 Å². The van der Waals surface area contributed by atoms with Crippen molar-refractivity contribution in [1.29, 1.82) is 0 Å². The van der Waals surface area contributed by atoms with Crippen molar-refractivity contribution in [3.63, 3.8) is 0 Å². The summed E-state index contributed by atoms with van der Waals surface area (Å²) in [5.41, 5.74) is 4.46. The smallest absolute Gasteiger partial charge is 0.407 e. The van der Waals surface area contributed by atoms with E-state index in [2.05, 4.69) is 10.6 Å². The minimum absolute atomic E-state index is 0.00252. The van der Waals surface area contributed by atoms with Gasteiger partial charge in [-0.1, -0.05) is 48.5 Å². The number of nitrogens with one attached hydrogen (secondary N) is 2. The monoisotopic (exact) mass is 442 g/mol. The van der Waals surface area contributed by atoms with E-state index in [1.54, 1.807) is 0 Å². The lowest BCUT2D eigenvalue weighted by atomic mass is 9.98. The molecule has 9 nitrogen and oxygen atoms in total. The summed E-state index contributed by atoms with van der Waals surface area (Å²) in [6.07, 6.45) is -1.53. The topological polar surface area (TPSA) is 134 Å². The second kappa shape index (κ2) is 10.7. The maximum absolute atomic E-state index is 12.2. The lowest BCUT2D eigenvalue weighted by molar-refractivity contribution is -0.143. The van der Waals surface area contributed by atoms with Crippen LogP contribution < -0.4 is 10.6 Å². The maximum atomic E-state index is 12.2. The molecule has 9 heteroatoms. The van der Waals surface area contributed by atoms with Crippen molar-refractivity contribution in [3.05, 3.63) is 59.7 Å². The highest BCUT2D eigenvalue weighted by Crippen LogP contribution is 2.44. The van der Waals surface area contributed by atoms with Gasteiger partial charge in [-0.15, -0.1) is 0 Å². The van der Waals surface area contributed by atoms with E-state index >= 15 is 0 Å². The van der Waals surface area contributed by atoms with Gasteiger partial charge in [-0.2, -0.15) is 0 Å². The van der Waals surface area contributed by atoms with Crippen LogP contribution in [-0.2, 0) is 19.1 Å². The number of methoxy groups -OCH3 is 1. The van der Waals surface area contributed by atoms with Gasteiger partial charge < -0.3 is 30.3 Å². The highest BCUT2D eigenvalue weighted by atomic mass is 16.5. The molecule has 4 N–H and O–H groups in total. The van der Waals surface area contributed by atoms with Crippen LogP contribution in [0.5, 0.6) is 0 Å². The van der Waals surface area contributed by atoms with Gasteiger partial charge in [-0.05, 0) is 22.3 Å². The molecule has 0 saturated heterocycles. The van der Waals surface area contributed by atoms with Crippen LogP contribution in [0.3, 0.4) is 0 Å². The molecule has 0 bridgehead atoms. The fourth-order valence-electron chi connectivity index (χ4n) is 3.73. The highest BCUT2D eigenvalue weighted by Gasteiger charge is 2.29. The predicted octanol–water partition coefficient (Wildman–Crippen LogP) is 1.49. The first kappa shape index (κ1) is 23.2. The van der Waals surface area contributed by atoms with Crippen molar-refractivity contribution >= 4 is 18.0 Å². The Morgan fingerprint density at radius 2 is 1.62 bits per heavy atom. The van der Waals surface area contributed by atoms with E-state index in [0.29, 0.717) is 0 Å². The number of carbonyl (C=O) groups excluding carboxylic acids is 2. The first-order chi connectivity index (χ1) is 15.4. The van der Waals surface area contributed by atoms with E-state index in [9.17, 15) is 14.4 Å². The summed E-state index contributed by atoms with van der Waals surface area (Å²) in [6.45, 7) is -0.567. The molecule has 0 spiro atoms. The number of carboxylic acid groups (broad SMARTS) is 1. The zero-order valence-electron chi connectivity index (χ0n) is 17.6. The Morgan fingerprint density at radius 3 is 2.16 bits per heavy atom. The van der Waals surface area contributed by atoms with Crippen molar-refractivity contribution in [1.82, 2.24) is 10.6 Å². The number of benzene rings is 2. The molecule has 2 atom stereocenters. The summed E-state index contributed by atoms with van der Waals surface area (Å²) in [5.74, 6) is -2.03. The molecule has 2 unspecified atom stereocenters. The lowest BCUT2D eigenvalue weighted by Crippen LogP contribution is -2.45. The molecule has 0 aliphatic heterocycles. The number of alkyl carbamates (subject to hydrolysis) is 1. The molecule has 2 aromatic carbocycles. The van der Waals surface area contributed by atoms with Gasteiger partial charge in [0.1, 0.15) is 12.6 Å². The largest absolute Gasteiger partial charge is 0.480 e. The highest BCUT2D eigenvalue weighted by molar-refractivity contribution is 5.84. The first-order valence-electron chi connectivity index (χ1n) is 10.2. The molecule has 32 heavy (non-hydrogen) atoms. The lowest BCUT2D eigenvalue weighted by Gasteiger charge is -2.18. The normalized spacial score (nSPS) is 14.1. The SMILES string of the molecule is COC(CNC(=O)OCC1c2ccccc2-c2ccccc21)CC(=O)NC(CO)C(=O)O. The quantitative estimate of drug-likeness (QED) is 0.438. The third-order valence-corrected chi connectivity index (χ3v) is 5.38. The number of aliphatic hydroxyl groups excluding tert-OH is 1. The van der Waals surface area contributed by atoms with Gasteiger partial charge in [0.25, 0.3) is 0 Å². The molecule has 3 rings (SSSR count). The van der Waals surface area contributed by atoms with Crippen LogP contribution in [0.25, 0.3) is 11.1 Å². The van der Waals surface area contributed by atoms with Gasteiger partial charge in [0, 0.05) is 19.6 Å². The van der Waals surface area contributed by atoms with Crippen LogP contribution in [0, 0.1) is 0 Å². The van der Waals surface area contributed by atoms with Crippen molar-refractivity contribution in [2.45, 2.75) is 24.5 Å². The Morgan fingerprint density at radius 1 is 1.03 bits per heavy atom. The van der Waals surface area contributed by atoms with Gasteiger partial charge in [0.05, 0.1) is 19.1 Å². The molecule has 0 aromatic heterocycles. The Labute approximate surface area is 185 Å². The Hall–Kier alpha value is -3.43. The van der Waals surface area contributed by atoms with Crippen molar-refractivity contribution < 1.29 is 34.1 Å². The van der Waals surface area contributed by atoms with Crippen molar-refractivity contribution in [2.24, 2.45) is 0 Å². The van der Waals surface area contributed by atoms with E-state index in [0.717, 1.165) is 22.3 Å². The second-order valence-corrected chi connectivity index (χ2v) is 7.41. The van der Waals surface area contributed by atoms with Gasteiger partial charge in [0.2, 0.25) is 5.91 Å². The van der Waals surface area contributed by atoms with Crippen molar-refractivity contribution in [3.8, 4) is 11.1 Å². The molecular formula is C23H26N2O7. The minimum atomic E-state index is -1.39. The van der Waals surface area contributed by atoms with Gasteiger partial charge in [-0.25, -0.2) is 9.59 Å².